The van der Waals surface area contributed by atoms with Crippen LogP contribution in [0.3, 0.4) is 0 Å². The van der Waals surface area contributed by atoms with Crippen LogP contribution >= 0.6 is 0 Å². The molecule has 0 aliphatic rings. The molecule has 4 heteroatoms. The second kappa shape index (κ2) is 3.90. The number of hydrogen-bond donors (Lipinski definition) is 0. The zero-order valence-corrected chi connectivity index (χ0v) is 7.28. The number of esters is 1. The van der Waals surface area contributed by atoms with Gasteiger partial charge in [-0.15, -0.1) is 0 Å². The predicted octanol–water partition coefficient (Wildman–Crippen LogP) is 0.755. The maximum absolute atomic E-state index is 10.4. The number of ether oxygens (including phenoxy) is 1. The van der Waals surface area contributed by atoms with Crippen LogP contribution in [0.5, 0.6) is 0 Å². The Morgan fingerprint density at radius 1 is 1.75 bits per heavy atom. The average Bonchev–Trinajstić information content (AvgIpc) is 2.36. The predicted molar refractivity (Wildman–Crippen MR) is 43.6 cm³/mol. The first-order valence-electron chi connectivity index (χ1n) is 3.82. The minimum absolute atomic E-state index is 0.250. The fourth-order valence-corrected chi connectivity index (χ4v) is 0.909. The lowest BCUT2D eigenvalue weighted by molar-refractivity contribution is -0.141. The molecule has 0 spiro atoms. The summed E-state index contributed by atoms with van der Waals surface area (Å²) in [4.78, 5) is 10.4. The summed E-state index contributed by atoms with van der Waals surface area (Å²) in [6, 6.07) is 1.91. The van der Waals surface area contributed by atoms with Gasteiger partial charge in [0, 0.05) is 18.8 Å². The van der Waals surface area contributed by atoms with Crippen molar-refractivity contribution in [3.8, 4) is 0 Å². The standard InChI is InChI=1S/C8H12N2O2/c1-7-3-4-9-10(7)5-6-12-8(2)11/h3-4H,5-6H2,1-2H3. The van der Waals surface area contributed by atoms with Crippen LogP contribution in [0.1, 0.15) is 12.6 Å². The largest absolute Gasteiger partial charge is 0.464 e. The van der Waals surface area contributed by atoms with Crippen LogP contribution in [0, 0.1) is 6.92 Å². The Kier molecular flexibility index (Phi) is 2.85. The molecule has 0 bridgehead atoms. The van der Waals surface area contributed by atoms with E-state index in [9.17, 15) is 4.79 Å². The molecule has 12 heavy (non-hydrogen) atoms. The first-order valence-corrected chi connectivity index (χ1v) is 3.82. The third-order valence-corrected chi connectivity index (χ3v) is 1.54. The SMILES string of the molecule is CC(=O)OCCn1nccc1C. The van der Waals surface area contributed by atoms with Gasteiger partial charge >= 0.3 is 5.97 Å². The molecule has 0 aromatic carbocycles. The second-order valence-corrected chi connectivity index (χ2v) is 2.54. The Bertz CT molecular complexity index is 268. The van der Waals surface area contributed by atoms with Crippen molar-refractivity contribution in [1.29, 1.82) is 0 Å². The number of aryl methyl sites for hydroxylation is 1. The highest BCUT2D eigenvalue weighted by molar-refractivity contribution is 5.65. The monoisotopic (exact) mass is 168 g/mol. The molecular formula is C8H12N2O2. The minimum Gasteiger partial charge on any atom is -0.464 e. The van der Waals surface area contributed by atoms with Crippen LogP contribution in [0.25, 0.3) is 0 Å². The normalized spacial score (nSPS) is 9.83. The fourth-order valence-electron chi connectivity index (χ4n) is 0.909. The zero-order chi connectivity index (χ0) is 8.97. The van der Waals surface area contributed by atoms with Gasteiger partial charge < -0.3 is 4.74 Å². The Morgan fingerprint density at radius 2 is 2.50 bits per heavy atom. The van der Waals surface area contributed by atoms with E-state index < -0.39 is 0 Å². The van der Waals surface area contributed by atoms with Gasteiger partial charge in [0.2, 0.25) is 0 Å². The van der Waals surface area contributed by atoms with Crippen molar-refractivity contribution >= 4 is 5.97 Å². The van der Waals surface area contributed by atoms with Crippen molar-refractivity contribution in [1.82, 2.24) is 9.78 Å². The Balaban J connectivity index is 2.33. The van der Waals surface area contributed by atoms with E-state index in [0.717, 1.165) is 5.69 Å². The van der Waals surface area contributed by atoms with Gasteiger partial charge in [0.05, 0.1) is 6.54 Å². The molecule has 0 N–H and O–H groups in total. The summed E-state index contributed by atoms with van der Waals surface area (Å²) >= 11 is 0. The number of nitrogens with zero attached hydrogens (tertiary/aromatic N) is 2. The topological polar surface area (TPSA) is 44.1 Å². The van der Waals surface area contributed by atoms with Crippen molar-refractivity contribution in [3.05, 3.63) is 18.0 Å². The number of hydrogen-bond acceptors (Lipinski definition) is 3. The van der Waals surface area contributed by atoms with Gasteiger partial charge in [-0.25, -0.2) is 0 Å². The maximum Gasteiger partial charge on any atom is 0.302 e. The molecule has 0 aliphatic heterocycles. The molecule has 0 unspecified atom stereocenters. The molecule has 0 saturated carbocycles. The molecule has 1 rings (SSSR count). The molecule has 0 atom stereocenters. The molecular weight excluding hydrogens is 156 g/mol. The number of carbonyl (C=O) groups is 1. The summed E-state index contributed by atoms with van der Waals surface area (Å²) < 4.78 is 6.56. The number of aromatic nitrogens is 2. The second-order valence-electron chi connectivity index (χ2n) is 2.54. The van der Waals surface area contributed by atoms with Gasteiger partial charge in [-0.1, -0.05) is 0 Å². The van der Waals surface area contributed by atoms with Crippen LogP contribution in [0.2, 0.25) is 0 Å². The molecule has 66 valence electrons. The van der Waals surface area contributed by atoms with Crippen molar-refractivity contribution in [3.63, 3.8) is 0 Å². The molecule has 0 fully saturated rings. The average molecular weight is 168 g/mol. The fraction of sp³-hybridized carbons (Fsp3) is 0.500. The maximum atomic E-state index is 10.4. The van der Waals surface area contributed by atoms with Crippen molar-refractivity contribution < 1.29 is 9.53 Å². The lowest BCUT2D eigenvalue weighted by atomic mass is 10.5. The number of rotatable bonds is 3. The highest BCUT2D eigenvalue weighted by Crippen LogP contribution is 1.95. The van der Waals surface area contributed by atoms with Crippen molar-refractivity contribution in [2.75, 3.05) is 6.61 Å². The van der Waals surface area contributed by atoms with Crippen LogP contribution in [-0.4, -0.2) is 22.4 Å². The van der Waals surface area contributed by atoms with E-state index in [0.29, 0.717) is 13.2 Å². The van der Waals surface area contributed by atoms with E-state index >= 15 is 0 Å². The lowest BCUT2D eigenvalue weighted by Gasteiger charge is -2.03. The van der Waals surface area contributed by atoms with Crippen LogP contribution in [0.4, 0.5) is 0 Å². The first-order chi connectivity index (χ1) is 5.70. The highest BCUT2D eigenvalue weighted by Gasteiger charge is 1.97. The zero-order valence-electron chi connectivity index (χ0n) is 7.28. The molecule has 0 saturated heterocycles. The number of carbonyl (C=O) groups excluding carboxylic acids is 1. The Hall–Kier alpha value is -1.32. The smallest absolute Gasteiger partial charge is 0.302 e. The summed E-state index contributed by atoms with van der Waals surface area (Å²) in [6.07, 6.45) is 1.73. The third-order valence-electron chi connectivity index (χ3n) is 1.54. The molecule has 1 aromatic rings. The van der Waals surface area contributed by atoms with Crippen LogP contribution in [0.15, 0.2) is 12.3 Å². The van der Waals surface area contributed by atoms with E-state index in [-0.39, 0.29) is 5.97 Å². The molecule has 4 nitrogen and oxygen atoms in total. The van der Waals surface area contributed by atoms with Crippen molar-refractivity contribution in [2.24, 2.45) is 0 Å². The van der Waals surface area contributed by atoms with Gasteiger partial charge in [-0.2, -0.15) is 5.10 Å². The van der Waals surface area contributed by atoms with E-state index in [1.54, 1.807) is 10.9 Å². The van der Waals surface area contributed by atoms with E-state index in [1.165, 1.54) is 6.92 Å². The van der Waals surface area contributed by atoms with Crippen LogP contribution in [-0.2, 0) is 16.1 Å². The molecule has 1 heterocycles. The lowest BCUT2D eigenvalue weighted by Crippen LogP contribution is -2.10. The van der Waals surface area contributed by atoms with E-state index in [1.807, 2.05) is 13.0 Å². The Morgan fingerprint density at radius 3 is 3.00 bits per heavy atom. The van der Waals surface area contributed by atoms with Gasteiger partial charge in [-0.3, -0.25) is 9.48 Å². The van der Waals surface area contributed by atoms with Gasteiger partial charge in [0.1, 0.15) is 6.61 Å². The van der Waals surface area contributed by atoms with Gasteiger partial charge in [-0.05, 0) is 13.0 Å². The summed E-state index contributed by atoms with van der Waals surface area (Å²) in [5.74, 6) is -0.250. The Labute approximate surface area is 71.1 Å². The summed E-state index contributed by atoms with van der Waals surface area (Å²) in [6.45, 7) is 4.37. The molecule has 0 amide bonds. The van der Waals surface area contributed by atoms with Crippen molar-refractivity contribution in [2.45, 2.75) is 20.4 Å². The summed E-state index contributed by atoms with van der Waals surface area (Å²) in [5.41, 5.74) is 1.07. The van der Waals surface area contributed by atoms with E-state index in [4.69, 9.17) is 4.74 Å². The van der Waals surface area contributed by atoms with E-state index in [2.05, 4.69) is 5.10 Å². The quantitative estimate of drug-likeness (QED) is 0.626. The molecule has 0 radical (unpaired) electrons. The minimum atomic E-state index is -0.250. The van der Waals surface area contributed by atoms with Crippen LogP contribution < -0.4 is 0 Å². The summed E-state index contributed by atoms with van der Waals surface area (Å²) in [7, 11) is 0. The summed E-state index contributed by atoms with van der Waals surface area (Å²) in [5, 5.41) is 4.04. The first kappa shape index (κ1) is 8.77. The third kappa shape index (κ3) is 2.38. The highest BCUT2D eigenvalue weighted by atomic mass is 16.5. The van der Waals surface area contributed by atoms with Gasteiger partial charge in [0.15, 0.2) is 0 Å². The van der Waals surface area contributed by atoms with Gasteiger partial charge in [0.25, 0.3) is 0 Å². The molecule has 0 aliphatic carbocycles. The molecule has 1 aromatic heterocycles.